The molecule has 0 saturated heterocycles. The van der Waals surface area contributed by atoms with Crippen LogP contribution < -0.4 is 18.9 Å². The fraction of sp³-hybridized carbons (Fsp3) is 0.120. The van der Waals surface area contributed by atoms with Gasteiger partial charge in [0.1, 0.15) is 11.5 Å². The van der Waals surface area contributed by atoms with E-state index in [-0.39, 0.29) is 0 Å². The maximum atomic E-state index is 12.1. The quantitative estimate of drug-likeness (QED) is 0.221. The molecule has 0 heterocycles. The molecule has 3 rings (SSSR count). The first-order chi connectivity index (χ1) is 15.1. The Balaban J connectivity index is 1.59. The zero-order chi connectivity index (χ0) is 22.1. The molecule has 0 atom stereocenters. The number of ether oxygens (including phenoxy) is 4. The van der Waals surface area contributed by atoms with Gasteiger partial charge in [0.05, 0.1) is 27.0 Å². The maximum Gasteiger partial charge on any atom is 0.336 e. The highest BCUT2D eigenvalue weighted by molar-refractivity contribution is 5.89. The first-order valence-electron chi connectivity index (χ1n) is 9.51. The minimum Gasteiger partial charge on any atom is -0.497 e. The fourth-order valence-electron chi connectivity index (χ4n) is 2.73. The van der Waals surface area contributed by atoms with Crippen LogP contribution in [0.3, 0.4) is 0 Å². The van der Waals surface area contributed by atoms with Crippen LogP contribution in [0, 0.1) is 0 Å². The number of carbonyl (C=O) groups excluding carboxylic acids is 1. The van der Waals surface area contributed by atoms with Crippen molar-refractivity contribution in [3.8, 4) is 23.0 Å². The molecule has 0 aliphatic heterocycles. The van der Waals surface area contributed by atoms with Gasteiger partial charge in [-0.05, 0) is 65.7 Å². The Hall–Kier alpha value is -4.06. The molecule has 0 bridgehead atoms. The molecule has 3 aromatic rings. The van der Waals surface area contributed by atoms with Crippen LogP contribution in [0.2, 0.25) is 0 Å². The van der Waals surface area contributed by atoms with Crippen molar-refractivity contribution >= 4 is 23.9 Å². The Morgan fingerprint density at radius 2 is 1.52 bits per heavy atom. The molecule has 3 aromatic carbocycles. The molecule has 0 aromatic heterocycles. The van der Waals surface area contributed by atoms with Crippen molar-refractivity contribution in [1.29, 1.82) is 0 Å². The highest BCUT2D eigenvalue weighted by Crippen LogP contribution is 2.28. The predicted molar refractivity (Wildman–Crippen MR) is 121 cm³/mol. The van der Waals surface area contributed by atoms with E-state index >= 15 is 0 Å². The second-order valence-electron chi connectivity index (χ2n) is 6.40. The van der Waals surface area contributed by atoms with Crippen LogP contribution in [-0.4, -0.2) is 33.5 Å². The summed E-state index contributed by atoms with van der Waals surface area (Å²) in [6.45, 7) is 0. The summed E-state index contributed by atoms with van der Waals surface area (Å²) < 4.78 is 21.0. The van der Waals surface area contributed by atoms with Crippen LogP contribution in [-0.2, 0) is 4.79 Å². The van der Waals surface area contributed by atoms with Gasteiger partial charge >= 0.3 is 5.97 Å². The lowest BCUT2D eigenvalue weighted by molar-refractivity contribution is -0.128. The van der Waals surface area contributed by atoms with Gasteiger partial charge in [-0.1, -0.05) is 12.1 Å². The monoisotopic (exact) mass is 417 g/mol. The number of nitrogens with zero attached hydrogens (tertiary/aromatic N) is 1. The predicted octanol–water partition coefficient (Wildman–Crippen LogP) is 5.08. The molecule has 31 heavy (non-hydrogen) atoms. The van der Waals surface area contributed by atoms with Crippen molar-refractivity contribution in [3.63, 3.8) is 0 Å². The summed E-state index contributed by atoms with van der Waals surface area (Å²) in [5.74, 6) is 1.92. The third-order valence-electron chi connectivity index (χ3n) is 4.33. The van der Waals surface area contributed by atoms with Crippen LogP contribution in [0.1, 0.15) is 11.1 Å². The number of methoxy groups -OCH3 is 3. The lowest BCUT2D eigenvalue weighted by Crippen LogP contribution is -2.03. The van der Waals surface area contributed by atoms with Gasteiger partial charge < -0.3 is 18.9 Å². The van der Waals surface area contributed by atoms with Crippen molar-refractivity contribution in [1.82, 2.24) is 0 Å². The smallest absolute Gasteiger partial charge is 0.336 e. The number of carbonyl (C=O) groups is 1. The third kappa shape index (κ3) is 6.21. The first kappa shape index (κ1) is 21.6. The fourth-order valence-corrected chi connectivity index (χ4v) is 2.73. The Kier molecular flexibility index (Phi) is 7.43. The van der Waals surface area contributed by atoms with Crippen molar-refractivity contribution in [2.45, 2.75) is 0 Å². The molecule has 0 unspecified atom stereocenters. The van der Waals surface area contributed by atoms with E-state index < -0.39 is 5.97 Å². The molecule has 0 radical (unpaired) electrons. The number of hydrogen-bond acceptors (Lipinski definition) is 6. The van der Waals surface area contributed by atoms with E-state index in [1.807, 2.05) is 42.5 Å². The van der Waals surface area contributed by atoms with Gasteiger partial charge in [-0.25, -0.2) is 4.79 Å². The minimum atomic E-state index is -0.479. The van der Waals surface area contributed by atoms with Crippen LogP contribution in [0.4, 0.5) is 5.69 Å². The van der Waals surface area contributed by atoms with Crippen LogP contribution in [0.25, 0.3) is 6.08 Å². The largest absolute Gasteiger partial charge is 0.497 e. The average molecular weight is 417 g/mol. The number of rotatable bonds is 8. The van der Waals surface area contributed by atoms with Crippen LogP contribution in [0.5, 0.6) is 23.0 Å². The van der Waals surface area contributed by atoms with Gasteiger partial charge in [0.25, 0.3) is 0 Å². The van der Waals surface area contributed by atoms with E-state index in [1.165, 1.54) is 6.08 Å². The highest BCUT2D eigenvalue weighted by Gasteiger charge is 2.04. The van der Waals surface area contributed by atoms with E-state index in [1.54, 1.807) is 57.9 Å². The SMILES string of the molecule is COc1cccc(N=Cc2ccc(OC(=O)/C=C/c3ccc(OC)c(OC)c3)cc2)c1. The zero-order valence-electron chi connectivity index (χ0n) is 17.6. The van der Waals surface area contributed by atoms with E-state index in [0.29, 0.717) is 17.2 Å². The molecule has 0 spiro atoms. The summed E-state index contributed by atoms with van der Waals surface area (Å²) >= 11 is 0. The minimum absolute atomic E-state index is 0.445. The Bertz CT molecular complexity index is 1090. The van der Waals surface area contributed by atoms with E-state index in [4.69, 9.17) is 18.9 Å². The molecule has 0 amide bonds. The Labute approximate surface area is 181 Å². The van der Waals surface area contributed by atoms with Gasteiger partial charge in [0, 0.05) is 18.4 Å². The summed E-state index contributed by atoms with van der Waals surface area (Å²) in [6.07, 6.45) is 4.75. The van der Waals surface area contributed by atoms with Crippen molar-refractivity contribution in [2.75, 3.05) is 21.3 Å². The van der Waals surface area contributed by atoms with Crippen LogP contribution >= 0.6 is 0 Å². The normalized spacial score (nSPS) is 10.9. The van der Waals surface area contributed by atoms with Crippen LogP contribution in [0.15, 0.2) is 77.8 Å². The van der Waals surface area contributed by atoms with E-state index in [2.05, 4.69) is 4.99 Å². The molecule has 0 N–H and O–H groups in total. The summed E-state index contributed by atoms with van der Waals surface area (Å²) in [7, 11) is 4.75. The zero-order valence-corrected chi connectivity index (χ0v) is 17.6. The molecule has 6 nitrogen and oxygen atoms in total. The third-order valence-corrected chi connectivity index (χ3v) is 4.33. The van der Waals surface area contributed by atoms with Gasteiger partial charge in [-0.3, -0.25) is 4.99 Å². The summed E-state index contributed by atoms with van der Waals surface area (Å²) in [4.78, 5) is 16.5. The van der Waals surface area contributed by atoms with Crippen molar-refractivity contribution in [2.24, 2.45) is 4.99 Å². The Morgan fingerprint density at radius 1 is 0.774 bits per heavy atom. The van der Waals surface area contributed by atoms with Gasteiger partial charge in [0.15, 0.2) is 11.5 Å². The maximum absolute atomic E-state index is 12.1. The van der Waals surface area contributed by atoms with E-state index in [9.17, 15) is 4.79 Å². The molecule has 158 valence electrons. The number of aliphatic imine (C=N–C) groups is 1. The summed E-state index contributed by atoms with van der Waals surface area (Å²) in [6, 6.07) is 19.9. The Morgan fingerprint density at radius 3 is 2.23 bits per heavy atom. The average Bonchev–Trinajstić information content (AvgIpc) is 2.82. The van der Waals surface area contributed by atoms with Crippen molar-refractivity contribution in [3.05, 3.63) is 83.9 Å². The number of benzene rings is 3. The number of hydrogen-bond donors (Lipinski definition) is 0. The van der Waals surface area contributed by atoms with Crippen molar-refractivity contribution < 1.29 is 23.7 Å². The number of esters is 1. The second-order valence-corrected chi connectivity index (χ2v) is 6.40. The highest BCUT2D eigenvalue weighted by atomic mass is 16.5. The molecule has 0 saturated carbocycles. The van der Waals surface area contributed by atoms with Gasteiger partial charge in [0.2, 0.25) is 0 Å². The summed E-state index contributed by atoms with van der Waals surface area (Å²) in [5, 5.41) is 0. The molecular weight excluding hydrogens is 394 g/mol. The topological polar surface area (TPSA) is 66.4 Å². The van der Waals surface area contributed by atoms with Gasteiger partial charge in [-0.15, -0.1) is 0 Å². The molecular formula is C25H23NO5. The van der Waals surface area contributed by atoms with Gasteiger partial charge in [-0.2, -0.15) is 0 Å². The lowest BCUT2D eigenvalue weighted by Gasteiger charge is -2.07. The molecule has 0 aliphatic rings. The first-order valence-corrected chi connectivity index (χ1v) is 9.51. The molecule has 0 fully saturated rings. The molecule has 0 aliphatic carbocycles. The standard InChI is InChI=1S/C25H23NO5/c1-28-22-6-4-5-20(16-22)26-17-19-7-11-21(12-8-19)31-25(27)14-10-18-9-13-23(29-2)24(15-18)30-3/h4-17H,1-3H3/b14-10+,26-17?. The summed E-state index contributed by atoms with van der Waals surface area (Å²) in [5.41, 5.74) is 2.46. The second kappa shape index (κ2) is 10.6. The molecule has 6 heteroatoms. The lowest BCUT2D eigenvalue weighted by atomic mass is 10.2. The van der Waals surface area contributed by atoms with E-state index in [0.717, 1.165) is 22.6 Å².